The number of hydrogen-bond donors (Lipinski definition) is 0. The van der Waals surface area contributed by atoms with Gasteiger partial charge in [-0.25, -0.2) is 4.79 Å². The fourth-order valence-corrected chi connectivity index (χ4v) is 2.52. The predicted molar refractivity (Wildman–Crippen MR) is 105 cm³/mol. The molecule has 0 spiro atoms. The number of carbonyl (C=O) groups excluding carboxylic acids is 3. The Kier molecular flexibility index (Phi) is 7.86. The normalized spacial score (nSPS) is 10.1. The number of nitrogens with zero attached hydrogens (tertiary/aromatic N) is 2. The molecule has 2 aromatic rings. The summed E-state index contributed by atoms with van der Waals surface area (Å²) in [5.74, 6) is -2.22. The molecule has 0 aliphatic carbocycles. The molecule has 2 rings (SSSR count). The number of ether oxygens (including phenoxy) is 3. The zero-order chi connectivity index (χ0) is 22.1. The van der Waals surface area contributed by atoms with Crippen molar-refractivity contribution in [3.63, 3.8) is 0 Å². The van der Waals surface area contributed by atoms with Crippen molar-refractivity contribution in [1.82, 2.24) is 0 Å². The summed E-state index contributed by atoms with van der Waals surface area (Å²) in [4.78, 5) is 48.3. The van der Waals surface area contributed by atoms with E-state index in [9.17, 15) is 24.5 Å². The first kappa shape index (κ1) is 22.3. The Morgan fingerprint density at radius 1 is 1.07 bits per heavy atom. The number of para-hydroxylation sites is 1. The van der Waals surface area contributed by atoms with Crippen LogP contribution in [0.4, 0.5) is 11.4 Å². The zero-order valence-electron chi connectivity index (χ0n) is 16.4. The maximum atomic E-state index is 12.7. The number of methoxy groups -OCH3 is 1. The van der Waals surface area contributed by atoms with Crippen LogP contribution in [0.1, 0.15) is 17.3 Å². The van der Waals surface area contributed by atoms with Gasteiger partial charge in [0.1, 0.15) is 17.9 Å². The number of amides is 1. The molecule has 0 saturated heterocycles. The first-order valence-corrected chi connectivity index (χ1v) is 8.88. The van der Waals surface area contributed by atoms with E-state index < -0.39 is 29.4 Å². The van der Waals surface area contributed by atoms with Crippen LogP contribution < -0.4 is 9.64 Å². The minimum atomic E-state index is -0.979. The number of benzene rings is 2. The Labute approximate surface area is 172 Å². The Morgan fingerprint density at radius 3 is 2.37 bits per heavy atom. The molecule has 0 aromatic heterocycles. The van der Waals surface area contributed by atoms with Gasteiger partial charge in [-0.1, -0.05) is 18.2 Å². The number of rotatable bonds is 9. The van der Waals surface area contributed by atoms with Crippen molar-refractivity contribution < 1.29 is 33.5 Å². The van der Waals surface area contributed by atoms with Crippen molar-refractivity contribution in [1.29, 1.82) is 0 Å². The summed E-state index contributed by atoms with van der Waals surface area (Å²) >= 11 is 0. The van der Waals surface area contributed by atoms with Crippen LogP contribution in [0, 0.1) is 10.1 Å². The standard InChI is InChI=1S/C20H20N2O8/c1-3-29-19(24)12-21(14-7-5-4-6-8-14)18(23)13-30-20(25)16-11-15(22(26)27)9-10-17(16)28-2/h4-11H,3,12-13H2,1-2H3. The van der Waals surface area contributed by atoms with Crippen molar-refractivity contribution in [3.05, 3.63) is 64.2 Å². The number of non-ortho nitro benzene ring substituents is 1. The van der Waals surface area contributed by atoms with Crippen LogP contribution in [-0.2, 0) is 19.1 Å². The van der Waals surface area contributed by atoms with Gasteiger partial charge in [0.15, 0.2) is 6.61 Å². The van der Waals surface area contributed by atoms with Crippen LogP contribution in [0.25, 0.3) is 0 Å². The predicted octanol–water partition coefficient (Wildman–Crippen LogP) is 2.36. The van der Waals surface area contributed by atoms with Gasteiger partial charge in [0.2, 0.25) is 0 Å². The fraction of sp³-hybridized carbons (Fsp3) is 0.250. The van der Waals surface area contributed by atoms with Crippen LogP contribution >= 0.6 is 0 Å². The molecule has 0 saturated carbocycles. The summed E-state index contributed by atoms with van der Waals surface area (Å²) in [5, 5.41) is 11.0. The van der Waals surface area contributed by atoms with Gasteiger partial charge < -0.3 is 14.2 Å². The minimum absolute atomic E-state index is 0.0597. The molecule has 0 aliphatic rings. The van der Waals surface area contributed by atoms with E-state index in [0.29, 0.717) is 5.69 Å². The molecular formula is C20H20N2O8. The molecular weight excluding hydrogens is 396 g/mol. The molecule has 0 aliphatic heterocycles. The summed E-state index contributed by atoms with van der Waals surface area (Å²) in [6.07, 6.45) is 0. The summed E-state index contributed by atoms with van der Waals surface area (Å²) in [7, 11) is 1.29. The average Bonchev–Trinajstić information content (AvgIpc) is 2.75. The quantitative estimate of drug-likeness (QED) is 0.346. The summed E-state index contributed by atoms with van der Waals surface area (Å²) in [5.41, 5.74) is -0.113. The van der Waals surface area contributed by atoms with E-state index >= 15 is 0 Å². The molecule has 0 fully saturated rings. The highest BCUT2D eigenvalue weighted by atomic mass is 16.6. The number of hydrogen-bond acceptors (Lipinski definition) is 8. The van der Waals surface area contributed by atoms with E-state index in [1.54, 1.807) is 37.3 Å². The van der Waals surface area contributed by atoms with E-state index in [-0.39, 0.29) is 30.2 Å². The first-order chi connectivity index (χ1) is 14.4. The van der Waals surface area contributed by atoms with Crippen molar-refractivity contribution in [3.8, 4) is 5.75 Å². The third-order valence-electron chi connectivity index (χ3n) is 3.90. The van der Waals surface area contributed by atoms with Crippen molar-refractivity contribution >= 4 is 29.2 Å². The second-order valence-corrected chi connectivity index (χ2v) is 5.84. The van der Waals surface area contributed by atoms with Crippen molar-refractivity contribution in [2.75, 3.05) is 31.8 Å². The van der Waals surface area contributed by atoms with Gasteiger partial charge in [0.25, 0.3) is 11.6 Å². The Hall–Kier alpha value is -3.95. The topological polar surface area (TPSA) is 125 Å². The number of nitro benzene ring substituents is 1. The molecule has 0 bridgehead atoms. The maximum absolute atomic E-state index is 12.7. The zero-order valence-corrected chi connectivity index (χ0v) is 16.4. The second-order valence-electron chi connectivity index (χ2n) is 5.84. The molecule has 0 N–H and O–H groups in total. The summed E-state index contributed by atoms with van der Waals surface area (Å²) in [6, 6.07) is 11.8. The average molecular weight is 416 g/mol. The van der Waals surface area contributed by atoms with E-state index in [0.717, 1.165) is 11.0 Å². The molecule has 2 aromatic carbocycles. The minimum Gasteiger partial charge on any atom is -0.496 e. The number of nitro groups is 1. The Morgan fingerprint density at radius 2 is 1.77 bits per heavy atom. The van der Waals surface area contributed by atoms with Crippen LogP contribution in [-0.4, -0.2) is 49.6 Å². The smallest absolute Gasteiger partial charge is 0.342 e. The Balaban J connectivity index is 2.16. The number of anilines is 1. The fourth-order valence-electron chi connectivity index (χ4n) is 2.52. The highest BCUT2D eigenvalue weighted by Gasteiger charge is 2.23. The molecule has 0 unspecified atom stereocenters. The van der Waals surface area contributed by atoms with E-state index in [2.05, 4.69) is 0 Å². The van der Waals surface area contributed by atoms with Gasteiger partial charge in [-0.3, -0.25) is 24.6 Å². The largest absolute Gasteiger partial charge is 0.496 e. The van der Waals surface area contributed by atoms with E-state index in [4.69, 9.17) is 14.2 Å². The second kappa shape index (κ2) is 10.6. The number of carbonyl (C=O) groups is 3. The summed E-state index contributed by atoms with van der Waals surface area (Å²) in [6.45, 7) is 0.728. The molecule has 30 heavy (non-hydrogen) atoms. The van der Waals surface area contributed by atoms with Crippen LogP contribution in [0.3, 0.4) is 0 Å². The lowest BCUT2D eigenvalue weighted by Crippen LogP contribution is -2.39. The van der Waals surface area contributed by atoms with Gasteiger partial charge in [-0.15, -0.1) is 0 Å². The number of esters is 2. The Bertz CT molecular complexity index is 930. The lowest BCUT2D eigenvalue weighted by Gasteiger charge is -2.21. The lowest BCUT2D eigenvalue weighted by molar-refractivity contribution is -0.384. The van der Waals surface area contributed by atoms with Crippen LogP contribution in [0.5, 0.6) is 5.75 Å². The lowest BCUT2D eigenvalue weighted by atomic mass is 10.2. The summed E-state index contributed by atoms with van der Waals surface area (Å²) < 4.78 is 14.9. The molecule has 10 nitrogen and oxygen atoms in total. The third-order valence-corrected chi connectivity index (χ3v) is 3.90. The van der Waals surface area contributed by atoms with Gasteiger partial charge in [0, 0.05) is 17.8 Å². The van der Waals surface area contributed by atoms with E-state index in [1.807, 2.05) is 0 Å². The van der Waals surface area contributed by atoms with Crippen molar-refractivity contribution in [2.45, 2.75) is 6.92 Å². The van der Waals surface area contributed by atoms with Gasteiger partial charge in [0.05, 0.1) is 18.6 Å². The van der Waals surface area contributed by atoms with Gasteiger partial charge >= 0.3 is 11.9 Å². The van der Waals surface area contributed by atoms with Crippen LogP contribution in [0.15, 0.2) is 48.5 Å². The molecule has 0 atom stereocenters. The highest BCUT2D eigenvalue weighted by Crippen LogP contribution is 2.25. The highest BCUT2D eigenvalue weighted by molar-refractivity contribution is 6.00. The van der Waals surface area contributed by atoms with Gasteiger partial charge in [-0.2, -0.15) is 0 Å². The van der Waals surface area contributed by atoms with Gasteiger partial charge in [-0.05, 0) is 25.1 Å². The third kappa shape index (κ3) is 5.77. The molecule has 0 heterocycles. The molecule has 0 radical (unpaired) electrons. The monoisotopic (exact) mass is 416 g/mol. The van der Waals surface area contributed by atoms with Crippen LogP contribution in [0.2, 0.25) is 0 Å². The SMILES string of the molecule is CCOC(=O)CN(C(=O)COC(=O)c1cc([N+](=O)[O-])ccc1OC)c1ccccc1. The maximum Gasteiger partial charge on any atom is 0.342 e. The molecule has 158 valence electrons. The van der Waals surface area contributed by atoms with Crippen molar-refractivity contribution in [2.24, 2.45) is 0 Å². The molecule has 1 amide bonds. The first-order valence-electron chi connectivity index (χ1n) is 8.88. The molecule has 10 heteroatoms. The van der Waals surface area contributed by atoms with E-state index in [1.165, 1.54) is 19.2 Å².